The molecule has 0 spiro atoms. The normalized spacial score (nSPS) is 20.4. The Hall–Kier alpha value is -1.20. The van der Waals surface area contributed by atoms with Crippen LogP contribution in [0.25, 0.3) is 0 Å². The smallest absolute Gasteiger partial charge is 0.243 e. The average molecular weight is 309 g/mol. The number of Topliss-reactive ketones (excluding diaryl/α,β-unsaturated/α-hetero) is 1. The second-order valence-corrected chi connectivity index (χ2v) is 7.52. The summed E-state index contributed by atoms with van der Waals surface area (Å²) in [5.41, 5.74) is 1.14. The largest absolute Gasteiger partial charge is 0.298 e. The van der Waals surface area contributed by atoms with Crippen molar-refractivity contribution in [2.45, 2.75) is 56.9 Å². The van der Waals surface area contributed by atoms with E-state index in [1.165, 1.54) is 11.2 Å². The minimum atomic E-state index is -3.58. The van der Waals surface area contributed by atoms with Crippen molar-refractivity contribution in [1.29, 1.82) is 0 Å². The summed E-state index contributed by atoms with van der Waals surface area (Å²) in [7, 11) is -3.58. The lowest BCUT2D eigenvalue weighted by molar-refractivity contribution is -0.121. The van der Waals surface area contributed by atoms with Crippen LogP contribution >= 0.6 is 0 Å². The molecule has 0 N–H and O–H groups in total. The number of carbonyl (C=O) groups excluding carboxylic acids is 1. The van der Waals surface area contributed by atoms with Crippen molar-refractivity contribution >= 4 is 15.8 Å². The maximum atomic E-state index is 12.7. The minimum absolute atomic E-state index is 0.0686. The lowest BCUT2D eigenvalue weighted by Gasteiger charge is -2.33. The highest BCUT2D eigenvalue weighted by atomic mass is 32.2. The maximum absolute atomic E-state index is 12.7. The molecule has 1 heterocycles. The first-order valence-corrected chi connectivity index (χ1v) is 9.02. The molecule has 1 unspecified atom stereocenters. The van der Waals surface area contributed by atoms with Crippen LogP contribution in [0, 0.1) is 0 Å². The van der Waals surface area contributed by atoms with Gasteiger partial charge in [0, 0.05) is 6.54 Å². The number of benzene rings is 1. The first-order chi connectivity index (χ1) is 9.96. The van der Waals surface area contributed by atoms with E-state index in [-0.39, 0.29) is 10.7 Å². The van der Waals surface area contributed by atoms with Crippen LogP contribution in [0.1, 0.15) is 45.1 Å². The molecule has 0 saturated carbocycles. The SMILES string of the molecule is CCCc1ccc(S(=O)(=O)N2CCCCC2C(C)=O)cc1. The van der Waals surface area contributed by atoms with Crippen LogP contribution < -0.4 is 0 Å². The van der Waals surface area contributed by atoms with E-state index in [4.69, 9.17) is 0 Å². The third-order valence-corrected chi connectivity index (χ3v) is 5.91. The number of sulfonamides is 1. The van der Waals surface area contributed by atoms with Gasteiger partial charge in [-0.3, -0.25) is 4.79 Å². The highest BCUT2D eigenvalue weighted by molar-refractivity contribution is 7.89. The van der Waals surface area contributed by atoms with Gasteiger partial charge in [-0.15, -0.1) is 0 Å². The molecule has 1 fully saturated rings. The Labute approximate surface area is 127 Å². The van der Waals surface area contributed by atoms with E-state index in [0.29, 0.717) is 13.0 Å². The van der Waals surface area contributed by atoms with Gasteiger partial charge in [-0.1, -0.05) is 31.9 Å². The number of rotatable bonds is 5. The first kappa shape index (κ1) is 16.2. The molecule has 0 amide bonds. The topological polar surface area (TPSA) is 54.5 Å². The van der Waals surface area contributed by atoms with E-state index in [1.807, 2.05) is 12.1 Å². The Balaban J connectivity index is 2.29. The zero-order chi connectivity index (χ0) is 15.5. The molecule has 0 aromatic heterocycles. The fourth-order valence-electron chi connectivity index (χ4n) is 2.85. The number of hydrogen-bond acceptors (Lipinski definition) is 3. The first-order valence-electron chi connectivity index (χ1n) is 7.58. The lowest BCUT2D eigenvalue weighted by Crippen LogP contribution is -2.47. The van der Waals surface area contributed by atoms with Gasteiger partial charge in [0.25, 0.3) is 0 Å². The van der Waals surface area contributed by atoms with Gasteiger partial charge >= 0.3 is 0 Å². The highest BCUT2D eigenvalue weighted by Gasteiger charge is 2.35. The Morgan fingerprint density at radius 1 is 1.24 bits per heavy atom. The number of ketones is 1. The van der Waals surface area contributed by atoms with Gasteiger partial charge in [0.2, 0.25) is 10.0 Å². The van der Waals surface area contributed by atoms with E-state index in [2.05, 4.69) is 6.92 Å². The molecule has 21 heavy (non-hydrogen) atoms. The Morgan fingerprint density at radius 2 is 1.90 bits per heavy atom. The third kappa shape index (κ3) is 3.52. The number of hydrogen-bond donors (Lipinski definition) is 0. The van der Waals surface area contributed by atoms with Crippen molar-refractivity contribution in [3.63, 3.8) is 0 Å². The fourth-order valence-corrected chi connectivity index (χ4v) is 4.56. The van der Waals surface area contributed by atoms with Crippen molar-refractivity contribution in [3.8, 4) is 0 Å². The Kier molecular flexibility index (Phi) is 5.17. The quantitative estimate of drug-likeness (QED) is 0.840. The number of nitrogens with zero attached hydrogens (tertiary/aromatic N) is 1. The zero-order valence-corrected chi connectivity index (χ0v) is 13.5. The lowest BCUT2D eigenvalue weighted by atomic mass is 10.0. The Morgan fingerprint density at radius 3 is 2.48 bits per heavy atom. The molecule has 1 atom stereocenters. The standard InChI is InChI=1S/C16H23NO3S/c1-3-6-14-8-10-15(11-9-14)21(19,20)17-12-5-4-7-16(17)13(2)18/h8-11,16H,3-7,12H2,1-2H3. The molecule has 4 nitrogen and oxygen atoms in total. The summed E-state index contributed by atoms with van der Waals surface area (Å²) in [6.45, 7) is 4.00. The predicted molar refractivity (Wildman–Crippen MR) is 82.6 cm³/mol. The predicted octanol–water partition coefficient (Wildman–Crippen LogP) is 2.77. The molecular formula is C16H23NO3S. The summed E-state index contributed by atoms with van der Waals surface area (Å²) in [5.74, 6) is -0.0686. The third-order valence-electron chi connectivity index (χ3n) is 3.99. The summed E-state index contributed by atoms with van der Waals surface area (Å²) in [6.07, 6.45) is 4.33. The molecule has 2 rings (SSSR count). The van der Waals surface area contributed by atoms with Crippen molar-refractivity contribution in [3.05, 3.63) is 29.8 Å². The Bertz CT molecular complexity index is 592. The molecule has 1 aliphatic rings. The zero-order valence-electron chi connectivity index (χ0n) is 12.7. The van der Waals surface area contributed by atoms with E-state index in [1.54, 1.807) is 12.1 Å². The van der Waals surface area contributed by atoms with Gasteiger partial charge in [-0.05, 0) is 43.9 Å². The van der Waals surface area contributed by atoms with Crippen molar-refractivity contribution < 1.29 is 13.2 Å². The average Bonchev–Trinajstić information content (AvgIpc) is 2.48. The van der Waals surface area contributed by atoms with Gasteiger partial charge < -0.3 is 0 Å². The number of aryl methyl sites for hydroxylation is 1. The molecule has 0 bridgehead atoms. The maximum Gasteiger partial charge on any atom is 0.243 e. The van der Waals surface area contributed by atoms with Gasteiger partial charge in [0.05, 0.1) is 10.9 Å². The van der Waals surface area contributed by atoms with E-state index >= 15 is 0 Å². The van der Waals surface area contributed by atoms with Crippen LogP contribution in [-0.4, -0.2) is 31.1 Å². The van der Waals surface area contributed by atoms with Gasteiger partial charge in [0.15, 0.2) is 0 Å². The summed E-state index contributed by atoms with van der Waals surface area (Å²) in [4.78, 5) is 12.0. The van der Waals surface area contributed by atoms with E-state index in [0.717, 1.165) is 31.2 Å². The molecule has 0 radical (unpaired) electrons. The molecule has 1 saturated heterocycles. The van der Waals surface area contributed by atoms with Gasteiger partial charge in [-0.2, -0.15) is 4.31 Å². The van der Waals surface area contributed by atoms with Crippen LogP contribution in [0.15, 0.2) is 29.2 Å². The summed E-state index contributed by atoms with van der Waals surface area (Å²) in [5, 5.41) is 0. The fraction of sp³-hybridized carbons (Fsp3) is 0.562. The second kappa shape index (κ2) is 6.71. The van der Waals surface area contributed by atoms with Crippen molar-refractivity contribution in [2.75, 3.05) is 6.54 Å². The van der Waals surface area contributed by atoms with Gasteiger partial charge in [0.1, 0.15) is 5.78 Å². The summed E-state index contributed by atoms with van der Waals surface area (Å²) in [6, 6.07) is 6.55. The van der Waals surface area contributed by atoms with Gasteiger partial charge in [-0.25, -0.2) is 8.42 Å². The number of carbonyl (C=O) groups is 1. The van der Waals surface area contributed by atoms with Crippen LogP contribution in [0.3, 0.4) is 0 Å². The van der Waals surface area contributed by atoms with Crippen molar-refractivity contribution in [1.82, 2.24) is 4.31 Å². The van der Waals surface area contributed by atoms with Crippen LogP contribution in [0.5, 0.6) is 0 Å². The summed E-state index contributed by atoms with van der Waals surface area (Å²) < 4.78 is 26.9. The van der Waals surface area contributed by atoms with Crippen LogP contribution in [-0.2, 0) is 21.2 Å². The van der Waals surface area contributed by atoms with E-state index < -0.39 is 16.1 Å². The summed E-state index contributed by atoms with van der Waals surface area (Å²) >= 11 is 0. The number of piperidine rings is 1. The molecule has 1 aromatic rings. The molecule has 5 heteroatoms. The monoisotopic (exact) mass is 309 g/mol. The molecule has 1 aliphatic heterocycles. The molecule has 1 aromatic carbocycles. The minimum Gasteiger partial charge on any atom is -0.298 e. The van der Waals surface area contributed by atoms with E-state index in [9.17, 15) is 13.2 Å². The molecule has 116 valence electrons. The second-order valence-electron chi connectivity index (χ2n) is 5.63. The highest BCUT2D eigenvalue weighted by Crippen LogP contribution is 2.26. The molecule has 0 aliphatic carbocycles. The van der Waals surface area contributed by atoms with Crippen LogP contribution in [0.2, 0.25) is 0 Å². The van der Waals surface area contributed by atoms with Crippen LogP contribution in [0.4, 0.5) is 0 Å². The molecular weight excluding hydrogens is 286 g/mol. The van der Waals surface area contributed by atoms with Crippen molar-refractivity contribution in [2.24, 2.45) is 0 Å².